The molecule has 3 fully saturated rings. The van der Waals surface area contributed by atoms with E-state index in [-0.39, 0.29) is 22.9 Å². The number of benzene rings is 2. The first-order valence-corrected chi connectivity index (χ1v) is 16.2. The number of rotatable bonds is 7. The molecule has 0 spiro atoms. The molecular formula is C34H38FN5O9. The first kappa shape index (κ1) is 33.0. The molecule has 3 aliphatic rings. The maximum atomic E-state index is 15.3. The number of carboxylic acid groups (broad SMARTS) is 1. The van der Waals surface area contributed by atoms with E-state index < -0.39 is 42.5 Å². The van der Waals surface area contributed by atoms with Crippen molar-refractivity contribution in [1.82, 2.24) is 14.9 Å². The van der Waals surface area contributed by atoms with Crippen LogP contribution in [0.1, 0.15) is 12.8 Å². The summed E-state index contributed by atoms with van der Waals surface area (Å²) in [4.78, 5) is 27.3. The van der Waals surface area contributed by atoms with Crippen LogP contribution in [0.5, 0.6) is 17.2 Å². The van der Waals surface area contributed by atoms with E-state index in [1.54, 1.807) is 24.4 Å². The number of ether oxygens (including phenoxy) is 3. The van der Waals surface area contributed by atoms with E-state index in [9.17, 15) is 30.3 Å². The van der Waals surface area contributed by atoms with Crippen molar-refractivity contribution in [3.63, 3.8) is 0 Å². The summed E-state index contributed by atoms with van der Waals surface area (Å²) in [6.45, 7) is 4.02. The van der Waals surface area contributed by atoms with E-state index in [0.717, 1.165) is 42.9 Å². The van der Waals surface area contributed by atoms with Crippen LogP contribution in [0.25, 0.3) is 21.8 Å². The van der Waals surface area contributed by atoms with Crippen molar-refractivity contribution in [2.45, 2.75) is 49.6 Å². The van der Waals surface area contributed by atoms with E-state index >= 15 is 4.39 Å². The highest BCUT2D eigenvalue weighted by Gasteiger charge is 2.48. The SMILES string of the molecule is COc1cc2cccnc2c(N2CCN(C3CCN(c4c(OC5OC(C(=O)O)C(O)C(O)C5O)cc(F)c5cccnc45)CC3)CC2)c1O. The Morgan fingerprint density at radius 2 is 1.55 bits per heavy atom. The molecule has 7 rings (SSSR count). The predicted molar refractivity (Wildman–Crippen MR) is 176 cm³/mol. The van der Waals surface area contributed by atoms with Crippen molar-refractivity contribution in [2.75, 3.05) is 56.2 Å². The van der Waals surface area contributed by atoms with Gasteiger partial charge >= 0.3 is 5.97 Å². The van der Waals surface area contributed by atoms with Crippen LogP contribution in [0, 0.1) is 5.82 Å². The Kier molecular flexibility index (Phi) is 9.02. The van der Waals surface area contributed by atoms with Crippen molar-refractivity contribution in [2.24, 2.45) is 0 Å². The van der Waals surface area contributed by atoms with Crippen LogP contribution in [0.2, 0.25) is 0 Å². The zero-order valence-electron chi connectivity index (χ0n) is 26.7. The Balaban J connectivity index is 1.08. The van der Waals surface area contributed by atoms with Gasteiger partial charge in [0.05, 0.1) is 12.6 Å². The minimum absolute atomic E-state index is 0.0357. The van der Waals surface area contributed by atoms with Gasteiger partial charge in [0.25, 0.3) is 0 Å². The first-order chi connectivity index (χ1) is 23.7. The van der Waals surface area contributed by atoms with E-state index in [1.807, 2.05) is 17.0 Å². The fraction of sp³-hybridized carbons (Fsp3) is 0.441. The minimum atomic E-state index is -1.89. The normalized spacial score (nSPS) is 25.5. The van der Waals surface area contributed by atoms with Gasteiger partial charge in [-0.1, -0.05) is 6.07 Å². The zero-order chi connectivity index (χ0) is 34.4. The molecule has 3 aliphatic heterocycles. The third-order valence-electron chi connectivity index (χ3n) is 9.79. The number of pyridine rings is 2. The summed E-state index contributed by atoms with van der Waals surface area (Å²) in [7, 11) is 1.53. The third-order valence-corrected chi connectivity index (χ3v) is 9.79. The molecular weight excluding hydrogens is 641 g/mol. The van der Waals surface area contributed by atoms with E-state index in [4.69, 9.17) is 14.2 Å². The maximum absolute atomic E-state index is 15.3. The topological polar surface area (TPSA) is 181 Å². The second-order valence-electron chi connectivity index (χ2n) is 12.6. The molecule has 0 radical (unpaired) electrons. The van der Waals surface area contributed by atoms with Crippen LogP contribution < -0.4 is 19.3 Å². The van der Waals surface area contributed by atoms with Gasteiger partial charge in [-0.25, -0.2) is 9.18 Å². The number of hydrogen-bond donors (Lipinski definition) is 5. The summed E-state index contributed by atoms with van der Waals surface area (Å²) in [6.07, 6.45) is -4.35. The largest absolute Gasteiger partial charge is 0.503 e. The van der Waals surface area contributed by atoms with Gasteiger partial charge in [0.1, 0.15) is 41.0 Å². The molecule has 5 atom stereocenters. The number of fused-ring (bicyclic) bond motifs is 2. The average molecular weight is 680 g/mol. The average Bonchev–Trinajstić information content (AvgIpc) is 3.12. The lowest BCUT2D eigenvalue weighted by molar-refractivity contribution is -0.271. The Morgan fingerprint density at radius 1 is 0.878 bits per heavy atom. The van der Waals surface area contributed by atoms with E-state index in [2.05, 4.69) is 19.8 Å². The van der Waals surface area contributed by atoms with E-state index in [1.165, 1.54) is 13.3 Å². The van der Waals surface area contributed by atoms with Crippen molar-refractivity contribution < 1.29 is 48.9 Å². The number of nitrogens with zero attached hydrogens (tertiary/aromatic N) is 5. The van der Waals surface area contributed by atoms with E-state index in [0.29, 0.717) is 48.8 Å². The second-order valence-corrected chi connectivity index (χ2v) is 12.6. The van der Waals surface area contributed by atoms with Gasteiger partial charge in [-0.15, -0.1) is 0 Å². The van der Waals surface area contributed by atoms with Gasteiger partial charge < -0.3 is 49.5 Å². The Hall–Kier alpha value is -4.54. The van der Waals surface area contributed by atoms with Crippen LogP contribution in [0.3, 0.4) is 0 Å². The zero-order valence-corrected chi connectivity index (χ0v) is 26.7. The summed E-state index contributed by atoms with van der Waals surface area (Å²) >= 11 is 0. The summed E-state index contributed by atoms with van der Waals surface area (Å²) in [5.74, 6) is -1.75. The molecule has 5 heterocycles. The molecule has 4 aromatic rings. The first-order valence-electron chi connectivity index (χ1n) is 16.2. The number of piperidine rings is 1. The number of aliphatic hydroxyl groups is 3. The molecule has 0 saturated carbocycles. The molecule has 5 unspecified atom stereocenters. The number of aliphatic carboxylic acids is 1. The van der Waals surface area contributed by atoms with Crippen LogP contribution in [0.15, 0.2) is 48.8 Å². The fourth-order valence-corrected chi connectivity index (χ4v) is 7.23. The molecule has 0 amide bonds. The van der Waals surface area contributed by atoms with Crippen molar-refractivity contribution >= 4 is 39.1 Å². The van der Waals surface area contributed by atoms with Crippen molar-refractivity contribution in [3.8, 4) is 17.2 Å². The number of anilines is 2. The molecule has 2 aromatic carbocycles. The molecule has 5 N–H and O–H groups in total. The fourth-order valence-electron chi connectivity index (χ4n) is 7.23. The molecule has 0 aliphatic carbocycles. The number of phenols is 1. The van der Waals surface area contributed by atoms with Gasteiger partial charge in [-0.3, -0.25) is 14.9 Å². The maximum Gasteiger partial charge on any atom is 0.335 e. The number of hydrogen-bond acceptors (Lipinski definition) is 13. The van der Waals surface area contributed by atoms with Gasteiger partial charge in [-0.2, -0.15) is 0 Å². The molecule has 3 saturated heterocycles. The van der Waals surface area contributed by atoms with Crippen LogP contribution in [0.4, 0.5) is 15.8 Å². The van der Waals surface area contributed by atoms with Crippen LogP contribution >= 0.6 is 0 Å². The minimum Gasteiger partial charge on any atom is -0.503 e. The second kappa shape index (κ2) is 13.4. The smallest absolute Gasteiger partial charge is 0.335 e. The van der Waals surface area contributed by atoms with Gasteiger partial charge in [-0.05, 0) is 37.1 Å². The number of aromatic hydroxyl groups is 1. The van der Waals surface area contributed by atoms with Crippen molar-refractivity contribution in [3.05, 3.63) is 54.6 Å². The number of halogens is 1. The lowest BCUT2D eigenvalue weighted by Crippen LogP contribution is -2.61. The molecule has 2 aromatic heterocycles. The predicted octanol–water partition coefficient (Wildman–Crippen LogP) is 1.70. The third kappa shape index (κ3) is 6.01. The highest BCUT2D eigenvalue weighted by molar-refractivity contribution is 5.97. The number of carboxylic acids is 1. The number of piperazine rings is 1. The Morgan fingerprint density at radius 3 is 2.24 bits per heavy atom. The number of aliphatic hydroxyl groups excluding tert-OH is 3. The van der Waals surface area contributed by atoms with Crippen molar-refractivity contribution in [1.29, 1.82) is 0 Å². The molecule has 15 heteroatoms. The Labute approximate surface area is 280 Å². The molecule has 260 valence electrons. The highest BCUT2D eigenvalue weighted by Crippen LogP contribution is 2.43. The summed E-state index contributed by atoms with van der Waals surface area (Å²) in [5, 5.41) is 52.7. The number of carbonyl (C=O) groups is 1. The lowest BCUT2D eigenvalue weighted by atomic mass is 9.99. The quantitative estimate of drug-likeness (QED) is 0.190. The van der Waals surface area contributed by atoms with Crippen LogP contribution in [-0.2, 0) is 9.53 Å². The number of phenolic OH excluding ortho intramolecular Hbond substituents is 1. The van der Waals surface area contributed by atoms with Gasteiger partial charge in [0, 0.05) is 74.5 Å². The standard InChI is InChI=1S/C34H38FN5O9/c1-47-23-16-18-4-2-8-36-24(18)27(28(23)41)40-14-12-38(13-15-40)19-6-10-39(11-7-19)26-22(17-21(35)20-5-3-9-37-25(20)26)48-34-31(44)29(42)30(43)32(49-34)33(45)46/h2-5,8-9,16-17,19,29-32,34,41-44H,6-7,10-15H2,1H3,(H,45,46). The monoisotopic (exact) mass is 679 g/mol. The number of aromatic nitrogens is 2. The summed E-state index contributed by atoms with van der Waals surface area (Å²) in [5.41, 5.74) is 2.16. The summed E-state index contributed by atoms with van der Waals surface area (Å²) in [6, 6.07) is 10.2. The van der Waals surface area contributed by atoms with Gasteiger partial charge in [0.15, 0.2) is 23.4 Å². The van der Waals surface area contributed by atoms with Gasteiger partial charge in [0.2, 0.25) is 6.29 Å². The summed E-state index contributed by atoms with van der Waals surface area (Å²) < 4.78 is 32.0. The molecule has 49 heavy (non-hydrogen) atoms. The highest BCUT2D eigenvalue weighted by atomic mass is 19.1. The molecule has 14 nitrogen and oxygen atoms in total. The van der Waals surface area contributed by atoms with Crippen LogP contribution in [-0.4, -0.2) is 129 Å². The lowest BCUT2D eigenvalue weighted by Gasteiger charge is -2.44. The number of methoxy groups -OCH3 is 1. The molecule has 0 bridgehead atoms. The Bertz CT molecular complexity index is 1850.